The number of hydrogen-bond donors (Lipinski definition) is 2. The van der Waals surface area contributed by atoms with Crippen LogP contribution in [-0.4, -0.2) is 4.98 Å². The lowest BCUT2D eigenvalue weighted by atomic mass is 10.1. The molecule has 0 unspecified atom stereocenters. The van der Waals surface area contributed by atoms with Crippen LogP contribution in [0.3, 0.4) is 0 Å². The van der Waals surface area contributed by atoms with Gasteiger partial charge in [0.15, 0.2) is 5.69 Å². The molecular weight excluding hydrogens is 190 g/mol. The molecule has 0 aliphatic rings. The minimum Gasteiger partial charge on any atom is -0.398 e. The molecule has 4 nitrogen and oxygen atoms in total. The number of rotatable bonds is 2. The Labute approximate surface area is 79.1 Å². The van der Waals surface area contributed by atoms with Crippen LogP contribution in [0.2, 0.25) is 0 Å². The van der Waals surface area contributed by atoms with Crippen LogP contribution in [0, 0.1) is 11.3 Å². The van der Waals surface area contributed by atoms with E-state index in [1.807, 2.05) is 0 Å². The van der Waals surface area contributed by atoms with E-state index >= 15 is 0 Å². The van der Waals surface area contributed by atoms with E-state index in [1.54, 1.807) is 6.07 Å². The maximum atomic E-state index is 12.5. The highest BCUT2D eigenvalue weighted by Crippen LogP contribution is 2.29. The lowest BCUT2D eigenvalue weighted by Gasteiger charge is -2.09. The Kier molecular flexibility index (Phi) is 2.94. The second-order valence-electron chi connectivity index (χ2n) is 2.58. The molecule has 0 bridgehead atoms. The Balaban J connectivity index is 3.41. The van der Waals surface area contributed by atoms with E-state index in [1.165, 1.54) is 6.20 Å². The van der Waals surface area contributed by atoms with Gasteiger partial charge in [-0.25, -0.2) is 13.8 Å². The van der Waals surface area contributed by atoms with E-state index in [0.29, 0.717) is 5.56 Å². The summed E-state index contributed by atoms with van der Waals surface area (Å²) in [7, 11) is 0. The largest absolute Gasteiger partial charge is 0.398 e. The van der Waals surface area contributed by atoms with E-state index in [4.69, 9.17) is 16.7 Å². The van der Waals surface area contributed by atoms with Crippen molar-refractivity contribution in [1.82, 2.24) is 4.98 Å². The van der Waals surface area contributed by atoms with Gasteiger partial charge >= 0.3 is 0 Å². The molecule has 14 heavy (non-hydrogen) atoms. The first-order valence-electron chi connectivity index (χ1n) is 3.77. The van der Waals surface area contributed by atoms with Crippen LogP contribution >= 0.6 is 0 Å². The molecule has 6 heteroatoms. The molecule has 0 fully saturated rings. The minimum atomic E-state index is -2.82. The van der Waals surface area contributed by atoms with Gasteiger partial charge in [-0.2, -0.15) is 5.26 Å². The highest BCUT2D eigenvalue weighted by molar-refractivity contribution is 5.57. The fourth-order valence-corrected chi connectivity index (χ4v) is 1.05. The second-order valence-corrected chi connectivity index (χ2v) is 2.58. The van der Waals surface area contributed by atoms with Crippen molar-refractivity contribution in [3.05, 3.63) is 23.0 Å². The molecule has 0 aromatic carbocycles. The molecule has 0 saturated carbocycles. The van der Waals surface area contributed by atoms with Gasteiger partial charge in [0, 0.05) is 24.0 Å². The van der Waals surface area contributed by atoms with Crippen molar-refractivity contribution >= 4 is 5.69 Å². The summed E-state index contributed by atoms with van der Waals surface area (Å²) >= 11 is 0. The normalized spacial score (nSPS) is 10.2. The first-order valence-corrected chi connectivity index (χ1v) is 3.77. The monoisotopic (exact) mass is 198 g/mol. The Morgan fingerprint density at radius 1 is 1.57 bits per heavy atom. The Morgan fingerprint density at radius 2 is 2.21 bits per heavy atom. The average molecular weight is 198 g/mol. The molecule has 1 heterocycles. The predicted molar refractivity (Wildman–Crippen MR) is 46.2 cm³/mol. The number of nitrogens with zero attached hydrogens (tertiary/aromatic N) is 2. The van der Waals surface area contributed by atoms with Crippen molar-refractivity contribution in [2.45, 2.75) is 13.0 Å². The maximum Gasteiger partial charge on any atom is 0.268 e. The van der Waals surface area contributed by atoms with Crippen LogP contribution in [0.25, 0.3) is 0 Å². The number of halogens is 2. The number of pyridine rings is 1. The first-order chi connectivity index (χ1) is 6.61. The molecular formula is C8H8F2N4. The van der Waals surface area contributed by atoms with Crippen molar-refractivity contribution in [1.29, 1.82) is 5.26 Å². The summed E-state index contributed by atoms with van der Waals surface area (Å²) in [4.78, 5) is 3.55. The van der Waals surface area contributed by atoms with Gasteiger partial charge in [-0.1, -0.05) is 0 Å². The van der Waals surface area contributed by atoms with Gasteiger partial charge in [0.1, 0.15) is 6.07 Å². The quantitative estimate of drug-likeness (QED) is 0.739. The molecule has 74 valence electrons. The third-order valence-corrected chi connectivity index (χ3v) is 1.78. The lowest BCUT2D eigenvalue weighted by Crippen LogP contribution is -2.08. The van der Waals surface area contributed by atoms with E-state index in [2.05, 4.69) is 4.98 Å². The zero-order chi connectivity index (χ0) is 10.7. The SMILES string of the molecule is N#Cc1ncc(CN)c(N)c1C(F)F. The summed E-state index contributed by atoms with van der Waals surface area (Å²) in [5, 5.41) is 8.52. The van der Waals surface area contributed by atoms with Crippen molar-refractivity contribution in [2.75, 3.05) is 5.73 Å². The van der Waals surface area contributed by atoms with Crippen molar-refractivity contribution in [3.63, 3.8) is 0 Å². The van der Waals surface area contributed by atoms with Gasteiger partial charge in [-0.05, 0) is 0 Å². The number of nitrogen functional groups attached to an aromatic ring is 1. The first kappa shape index (κ1) is 10.3. The Hall–Kier alpha value is -1.74. The zero-order valence-electron chi connectivity index (χ0n) is 7.17. The van der Waals surface area contributed by atoms with Crippen LogP contribution in [-0.2, 0) is 6.54 Å². The van der Waals surface area contributed by atoms with Crippen LogP contribution in [0.5, 0.6) is 0 Å². The number of nitriles is 1. The molecule has 0 aliphatic heterocycles. The molecule has 4 N–H and O–H groups in total. The summed E-state index contributed by atoms with van der Waals surface area (Å²) in [5.41, 5.74) is 9.97. The third kappa shape index (κ3) is 1.63. The Morgan fingerprint density at radius 3 is 2.64 bits per heavy atom. The predicted octanol–water partition coefficient (Wildman–Crippen LogP) is 0.932. The fraction of sp³-hybridized carbons (Fsp3) is 0.250. The lowest BCUT2D eigenvalue weighted by molar-refractivity contribution is 0.151. The number of aromatic nitrogens is 1. The fourth-order valence-electron chi connectivity index (χ4n) is 1.05. The van der Waals surface area contributed by atoms with Crippen molar-refractivity contribution in [3.8, 4) is 6.07 Å². The smallest absolute Gasteiger partial charge is 0.268 e. The molecule has 0 amide bonds. The summed E-state index contributed by atoms with van der Waals surface area (Å²) < 4.78 is 25.0. The number of nitrogens with two attached hydrogens (primary N) is 2. The molecule has 1 aromatic heterocycles. The van der Waals surface area contributed by atoms with Gasteiger partial charge in [0.05, 0.1) is 5.56 Å². The molecule has 0 radical (unpaired) electrons. The van der Waals surface area contributed by atoms with Gasteiger partial charge in [0.25, 0.3) is 6.43 Å². The number of alkyl halides is 2. The van der Waals surface area contributed by atoms with Gasteiger partial charge < -0.3 is 11.5 Å². The van der Waals surface area contributed by atoms with Crippen LogP contribution < -0.4 is 11.5 Å². The number of anilines is 1. The van der Waals surface area contributed by atoms with Crippen LogP contribution in [0.1, 0.15) is 23.2 Å². The van der Waals surface area contributed by atoms with Crippen molar-refractivity contribution in [2.24, 2.45) is 5.73 Å². The standard InChI is InChI=1S/C8H8F2N4/c9-8(10)6-5(2-12)14-3-4(1-11)7(6)13/h3,8H,1,11H2,(H2,13,14). The summed E-state index contributed by atoms with van der Waals surface area (Å²) in [6.07, 6.45) is -1.58. The van der Waals surface area contributed by atoms with E-state index < -0.39 is 12.0 Å². The second kappa shape index (κ2) is 3.98. The minimum absolute atomic E-state index is 0.0181. The molecule has 0 aliphatic carbocycles. The van der Waals surface area contributed by atoms with Gasteiger partial charge in [-0.15, -0.1) is 0 Å². The molecule has 0 atom stereocenters. The Bertz CT molecular complexity index is 384. The summed E-state index contributed by atoms with van der Waals surface area (Å²) in [5.74, 6) is 0. The number of hydrogen-bond acceptors (Lipinski definition) is 4. The maximum absolute atomic E-state index is 12.5. The van der Waals surface area contributed by atoms with Gasteiger partial charge in [-0.3, -0.25) is 0 Å². The molecule has 0 spiro atoms. The topological polar surface area (TPSA) is 88.7 Å². The van der Waals surface area contributed by atoms with Gasteiger partial charge in [0.2, 0.25) is 0 Å². The van der Waals surface area contributed by atoms with E-state index in [-0.39, 0.29) is 17.9 Å². The summed E-state index contributed by atoms with van der Waals surface area (Å²) in [6, 6.07) is 1.56. The van der Waals surface area contributed by atoms with Crippen LogP contribution in [0.15, 0.2) is 6.20 Å². The molecule has 1 rings (SSSR count). The highest BCUT2D eigenvalue weighted by Gasteiger charge is 2.19. The highest BCUT2D eigenvalue weighted by atomic mass is 19.3. The average Bonchev–Trinajstić information content (AvgIpc) is 2.16. The van der Waals surface area contributed by atoms with Crippen molar-refractivity contribution < 1.29 is 8.78 Å². The third-order valence-electron chi connectivity index (χ3n) is 1.78. The molecule has 0 saturated heterocycles. The van der Waals surface area contributed by atoms with E-state index in [0.717, 1.165) is 0 Å². The van der Waals surface area contributed by atoms with Crippen LogP contribution in [0.4, 0.5) is 14.5 Å². The molecule has 1 aromatic rings. The van der Waals surface area contributed by atoms with E-state index in [9.17, 15) is 8.78 Å². The summed E-state index contributed by atoms with van der Waals surface area (Å²) in [6.45, 7) is 0.0181. The zero-order valence-corrected chi connectivity index (χ0v) is 7.17.